The van der Waals surface area contributed by atoms with Crippen LogP contribution in [0.3, 0.4) is 0 Å². The van der Waals surface area contributed by atoms with E-state index in [4.69, 9.17) is 10.5 Å². The summed E-state index contributed by atoms with van der Waals surface area (Å²) in [6.45, 7) is 5.29. The fourth-order valence-corrected chi connectivity index (χ4v) is 2.47. The molecule has 2 amide bonds. The smallest absolute Gasteiger partial charge is 0.308 e. The van der Waals surface area contributed by atoms with Crippen molar-refractivity contribution in [3.63, 3.8) is 0 Å². The van der Waals surface area contributed by atoms with Gasteiger partial charge < -0.3 is 15.8 Å². The molecule has 0 saturated carbocycles. The molecule has 1 atom stereocenters. The lowest BCUT2D eigenvalue weighted by molar-refractivity contribution is -0.131. The summed E-state index contributed by atoms with van der Waals surface area (Å²) in [7, 11) is 0. The van der Waals surface area contributed by atoms with Crippen molar-refractivity contribution in [1.29, 1.82) is 0 Å². The topological polar surface area (TPSA) is 98.5 Å². The Morgan fingerprint density at radius 1 is 1.04 bits per heavy atom. The van der Waals surface area contributed by atoms with E-state index in [-0.39, 0.29) is 0 Å². The molecule has 6 heteroatoms. The molecule has 2 rings (SSSR count). The summed E-state index contributed by atoms with van der Waals surface area (Å²) >= 11 is 0. The van der Waals surface area contributed by atoms with Gasteiger partial charge in [0.25, 0.3) is 5.91 Å². The van der Waals surface area contributed by atoms with Crippen molar-refractivity contribution in [2.24, 2.45) is 5.73 Å². The molecule has 0 aliphatic rings. The highest BCUT2D eigenvalue weighted by atomic mass is 16.5. The zero-order valence-corrected chi connectivity index (χ0v) is 15.0. The molecular weight excluding hydrogens is 332 g/mol. The number of carbonyl (C=O) groups is 3. The van der Waals surface area contributed by atoms with E-state index in [0.717, 1.165) is 16.7 Å². The van der Waals surface area contributed by atoms with Crippen molar-refractivity contribution in [1.82, 2.24) is 5.32 Å². The van der Waals surface area contributed by atoms with Gasteiger partial charge in [0.15, 0.2) is 0 Å². The molecule has 26 heavy (non-hydrogen) atoms. The molecule has 0 saturated heterocycles. The van der Waals surface area contributed by atoms with Crippen LogP contribution < -0.4 is 15.8 Å². The summed E-state index contributed by atoms with van der Waals surface area (Å²) in [5.74, 6) is -1.12. The third-order valence-electron chi connectivity index (χ3n) is 4.04. The standard InChI is InChI=1S/C20H22N2O4/c1-12-4-5-15(10-13(12)2)11-18(19(21)24)22-20(25)16-6-8-17(9-7-16)26-14(3)23/h4-10,18H,11H2,1-3H3,(H2,21,24)(H,22,25)/t18-/m0/s1. The number of primary amides is 1. The molecule has 0 radical (unpaired) electrons. The second kappa shape index (κ2) is 8.29. The van der Waals surface area contributed by atoms with Crippen LogP contribution in [0.4, 0.5) is 0 Å². The highest BCUT2D eigenvalue weighted by molar-refractivity contribution is 5.97. The van der Waals surface area contributed by atoms with Gasteiger partial charge in [-0.2, -0.15) is 0 Å². The summed E-state index contributed by atoms with van der Waals surface area (Å²) in [6.07, 6.45) is 0.313. The highest BCUT2D eigenvalue weighted by Crippen LogP contribution is 2.14. The van der Waals surface area contributed by atoms with Crippen molar-refractivity contribution in [2.75, 3.05) is 0 Å². The Bertz CT molecular complexity index is 828. The van der Waals surface area contributed by atoms with Crippen molar-refractivity contribution < 1.29 is 19.1 Å². The summed E-state index contributed by atoms with van der Waals surface area (Å²) in [4.78, 5) is 35.0. The van der Waals surface area contributed by atoms with E-state index >= 15 is 0 Å². The third kappa shape index (κ3) is 5.17. The molecule has 2 aromatic rings. The maximum Gasteiger partial charge on any atom is 0.308 e. The van der Waals surface area contributed by atoms with E-state index < -0.39 is 23.8 Å². The molecule has 0 heterocycles. The minimum absolute atomic E-state index is 0.313. The van der Waals surface area contributed by atoms with Crippen LogP contribution >= 0.6 is 0 Å². The number of esters is 1. The normalized spacial score (nSPS) is 11.5. The van der Waals surface area contributed by atoms with Gasteiger partial charge in [0.05, 0.1) is 0 Å². The van der Waals surface area contributed by atoms with Crippen LogP contribution in [-0.2, 0) is 16.0 Å². The van der Waals surface area contributed by atoms with Crippen LogP contribution in [0.15, 0.2) is 42.5 Å². The van der Waals surface area contributed by atoms with Gasteiger partial charge in [-0.3, -0.25) is 14.4 Å². The SMILES string of the molecule is CC(=O)Oc1ccc(C(=O)N[C@@H](Cc2ccc(C)c(C)c2)C(N)=O)cc1. The lowest BCUT2D eigenvalue weighted by atomic mass is 10.0. The molecular formula is C20H22N2O4. The zero-order chi connectivity index (χ0) is 19.3. The van der Waals surface area contributed by atoms with Crippen molar-refractivity contribution >= 4 is 17.8 Å². The summed E-state index contributed by atoms with van der Waals surface area (Å²) in [5, 5.41) is 2.65. The minimum atomic E-state index is -0.822. The predicted octanol–water partition coefficient (Wildman–Crippen LogP) is 2.06. The first-order valence-electron chi connectivity index (χ1n) is 8.21. The number of rotatable bonds is 6. The summed E-state index contributed by atoms with van der Waals surface area (Å²) in [6, 6.07) is 11.1. The number of nitrogens with two attached hydrogens (primary N) is 1. The number of hydrogen-bond donors (Lipinski definition) is 2. The molecule has 3 N–H and O–H groups in total. The van der Waals surface area contributed by atoms with Crippen LogP contribution in [0.25, 0.3) is 0 Å². The average molecular weight is 354 g/mol. The minimum Gasteiger partial charge on any atom is -0.427 e. The Labute approximate surface area is 152 Å². The van der Waals surface area contributed by atoms with Gasteiger partial charge in [-0.25, -0.2) is 0 Å². The number of amides is 2. The molecule has 0 aromatic heterocycles. The molecule has 0 aliphatic heterocycles. The molecule has 0 bridgehead atoms. The Morgan fingerprint density at radius 3 is 2.23 bits per heavy atom. The van der Waals surface area contributed by atoms with Gasteiger partial charge in [0.2, 0.25) is 5.91 Å². The first-order valence-corrected chi connectivity index (χ1v) is 8.21. The molecule has 136 valence electrons. The largest absolute Gasteiger partial charge is 0.427 e. The van der Waals surface area contributed by atoms with Crippen molar-refractivity contribution in [2.45, 2.75) is 33.2 Å². The second-order valence-electron chi connectivity index (χ2n) is 6.17. The van der Waals surface area contributed by atoms with E-state index in [1.165, 1.54) is 31.2 Å². The molecule has 2 aromatic carbocycles. The number of nitrogens with one attached hydrogen (secondary N) is 1. The maximum absolute atomic E-state index is 12.4. The van der Waals surface area contributed by atoms with Gasteiger partial charge in [-0.15, -0.1) is 0 Å². The molecule has 6 nitrogen and oxygen atoms in total. The lowest BCUT2D eigenvalue weighted by Crippen LogP contribution is -2.45. The number of aryl methyl sites for hydroxylation is 2. The van der Waals surface area contributed by atoms with Gasteiger partial charge in [0, 0.05) is 18.9 Å². The van der Waals surface area contributed by atoms with Gasteiger partial charge >= 0.3 is 5.97 Å². The highest BCUT2D eigenvalue weighted by Gasteiger charge is 2.20. The van der Waals surface area contributed by atoms with Crippen LogP contribution in [-0.4, -0.2) is 23.8 Å². The van der Waals surface area contributed by atoms with Gasteiger partial charge in [-0.1, -0.05) is 18.2 Å². The van der Waals surface area contributed by atoms with Crippen LogP contribution in [0, 0.1) is 13.8 Å². The van der Waals surface area contributed by atoms with E-state index in [2.05, 4.69) is 5.32 Å². The van der Waals surface area contributed by atoms with Crippen LogP contribution in [0.5, 0.6) is 5.75 Å². The molecule has 0 aliphatic carbocycles. The molecule has 0 fully saturated rings. The summed E-state index contributed by atoms with van der Waals surface area (Å²) < 4.78 is 4.92. The Morgan fingerprint density at radius 2 is 1.69 bits per heavy atom. The first kappa shape index (κ1) is 19.2. The number of hydrogen-bond acceptors (Lipinski definition) is 4. The van der Waals surface area contributed by atoms with Crippen LogP contribution in [0.2, 0.25) is 0 Å². The number of carbonyl (C=O) groups excluding carboxylic acids is 3. The van der Waals surface area contributed by atoms with Crippen molar-refractivity contribution in [3.8, 4) is 5.75 Å². The summed E-state index contributed by atoms with van der Waals surface area (Å²) in [5.41, 5.74) is 8.97. The zero-order valence-electron chi connectivity index (χ0n) is 15.0. The lowest BCUT2D eigenvalue weighted by Gasteiger charge is -2.16. The van der Waals surface area contributed by atoms with Gasteiger partial charge in [-0.05, 0) is 54.8 Å². The first-order chi connectivity index (χ1) is 12.3. The molecule has 0 unspecified atom stereocenters. The number of ether oxygens (including phenoxy) is 1. The third-order valence-corrected chi connectivity index (χ3v) is 4.04. The predicted molar refractivity (Wildman–Crippen MR) is 97.8 cm³/mol. The van der Waals surface area contributed by atoms with Gasteiger partial charge in [0.1, 0.15) is 11.8 Å². The maximum atomic E-state index is 12.4. The average Bonchev–Trinajstić information content (AvgIpc) is 2.57. The Balaban J connectivity index is 2.08. The second-order valence-corrected chi connectivity index (χ2v) is 6.17. The fourth-order valence-electron chi connectivity index (χ4n) is 2.47. The van der Waals surface area contributed by atoms with E-state index in [0.29, 0.717) is 17.7 Å². The number of benzene rings is 2. The molecule has 0 spiro atoms. The van der Waals surface area contributed by atoms with Crippen molar-refractivity contribution in [3.05, 3.63) is 64.7 Å². The van der Waals surface area contributed by atoms with Crippen LogP contribution in [0.1, 0.15) is 34.0 Å². The quantitative estimate of drug-likeness (QED) is 0.613. The van der Waals surface area contributed by atoms with E-state index in [9.17, 15) is 14.4 Å². The Kier molecular flexibility index (Phi) is 6.11. The van der Waals surface area contributed by atoms with E-state index in [1.807, 2.05) is 32.0 Å². The van der Waals surface area contributed by atoms with E-state index in [1.54, 1.807) is 0 Å². The Hall–Kier alpha value is -3.15. The monoisotopic (exact) mass is 354 g/mol. The fraction of sp³-hybridized carbons (Fsp3) is 0.250.